The van der Waals surface area contributed by atoms with Gasteiger partial charge in [-0.2, -0.15) is 0 Å². The average Bonchev–Trinajstić information content (AvgIpc) is 2.65. The van der Waals surface area contributed by atoms with Gasteiger partial charge in [-0.3, -0.25) is 9.59 Å². The van der Waals surface area contributed by atoms with E-state index in [2.05, 4.69) is 10.6 Å². The Morgan fingerprint density at radius 1 is 1.04 bits per heavy atom. The second-order valence-corrected chi connectivity index (χ2v) is 7.43. The summed E-state index contributed by atoms with van der Waals surface area (Å²) in [6.07, 6.45) is -0.231. The molecule has 0 unspecified atom stereocenters. The Labute approximate surface area is 166 Å². The van der Waals surface area contributed by atoms with Crippen molar-refractivity contribution in [2.45, 2.75) is 45.8 Å². The van der Waals surface area contributed by atoms with Crippen LogP contribution in [0.1, 0.15) is 44.5 Å². The van der Waals surface area contributed by atoms with Crippen molar-refractivity contribution < 1.29 is 19.1 Å². The van der Waals surface area contributed by atoms with Gasteiger partial charge in [-0.15, -0.1) is 0 Å². The number of hydrogen-bond donors (Lipinski definition) is 2. The van der Waals surface area contributed by atoms with Gasteiger partial charge in [0.15, 0.2) is 6.10 Å². The van der Waals surface area contributed by atoms with Gasteiger partial charge in [-0.1, -0.05) is 25.1 Å². The van der Waals surface area contributed by atoms with E-state index in [0.717, 1.165) is 0 Å². The van der Waals surface area contributed by atoms with Crippen LogP contribution in [0.5, 0.6) is 11.5 Å². The van der Waals surface area contributed by atoms with Gasteiger partial charge in [-0.05, 0) is 51.5 Å². The maximum absolute atomic E-state index is 12.8. The van der Waals surface area contributed by atoms with Crippen LogP contribution in [0.2, 0.25) is 0 Å². The molecular formula is C22H28N2O4. The van der Waals surface area contributed by atoms with E-state index in [1.807, 2.05) is 27.7 Å². The second kappa shape index (κ2) is 9.26. The highest BCUT2D eigenvalue weighted by molar-refractivity contribution is 6.04. The van der Waals surface area contributed by atoms with Crippen LogP contribution >= 0.6 is 0 Å². The summed E-state index contributed by atoms with van der Waals surface area (Å²) < 4.78 is 11.0. The SMILES string of the molecule is CC[C@H](Oc1cccc(OC)c1)C(=O)Nc1ccccc1C(=O)NC(C)(C)C. The van der Waals surface area contributed by atoms with Crippen molar-refractivity contribution in [3.8, 4) is 11.5 Å². The monoisotopic (exact) mass is 384 g/mol. The molecule has 0 saturated carbocycles. The Morgan fingerprint density at radius 2 is 1.71 bits per heavy atom. The van der Waals surface area contributed by atoms with E-state index in [0.29, 0.717) is 29.2 Å². The highest BCUT2D eigenvalue weighted by Gasteiger charge is 2.22. The summed E-state index contributed by atoms with van der Waals surface area (Å²) in [5.41, 5.74) is 0.472. The lowest BCUT2D eigenvalue weighted by Crippen LogP contribution is -2.41. The van der Waals surface area contributed by atoms with Gasteiger partial charge in [0.05, 0.1) is 18.4 Å². The van der Waals surface area contributed by atoms with Crippen LogP contribution in [0, 0.1) is 0 Å². The molecule has 0 fully saturated rings. The molecular weight excluding hydrogens is 356 g/mol. The van der Waals surface area contributed by atoms with Crippen LogP contribution < -0.4 is 20.1 Å². The minimum Gasteiger partial charge on any atom is -0.497 e. The van der Waals surface area contributed by atoms with Crippen molar-refractivity contribution in [2.75, 3.05) is 12.4 Å². The molecule has 0 aromatic heterocycles. The van der Waals surface area contributed by atoms with Gasteiger partial charge in [0.1, 0.15) is 11.5 Å². The Kier molecular flexibility index (Phi) is 7.04. The highest BCUT2D eigenvalue weighted by atomic mass is 16.5. The summed E-state index contributed by atoms with van der Waals surface area (Å²) in [6, 6.07) is 14.0. The van der Waals surface area contributed by atoms with Crippen LogP contribution in [-0.2, 0) is 4.79 Å². The van der Waals surface area contributed by atoms with E-state index >= 15 is 0 Å². The summed E-state index contributed by atoms with van der Waals surface area (Å²) in [7, 11) is 1.57. The fourth-order valence-corrected chi connectivity index (χ4v) is 2.57. The number of para-hydroxylation sites is 1. The number of hydrogen-bond acceptors (Lipinski definition) is 4. The summed E-state index contributed by atoms with van der Waals surface area (Å²) in [4.78, 5) is 25.3. The summed E-state index contributed by atoms with van der Waals surface area (Å²) in [6.45, 7) is 7.58. The zero-order valence-electron chi connectivity index (χ0n) is 17.0. The molecule has 6 nitrogen and oxygen atoms in total. The number of carbonyl (C=O) groups excluding carboxylic acids is 2. The molecule has 0 aliphatic rings. The lowest BCUT2D eigenvalue weighted by atomic mass is 10.1. The Morgan fingerprint density at radius 3 is 2.36 bits per heavy atom. The predicted octanol–water partition coefficient (Wildman–Crippen LogP) is 4.02. The minimum atomic E-state index is -0.703. The van der Waals surface area contributed by atoms with Crippen LogP contribution in [0.15, 0.2) is 48.5 Å². The molecule has 2 N–H and O–H groups in total. The number of anilines is 1. The molecule has 2 aromatic rings. The van der Waals surface area contributed by atoms with Gasteiger partial charge in [-0.25, -0.2) is 0 Å². The molecule has 1 atom stereocenters. The number of ether oxygens (including phenoxy) is 2. The van der Waals surface area contributed by atoms with E-state index in [4.69, 9.17) is 9.47 Å². The van der Waals surface area contributed by atoms with Crippen molar-refractivity contribution in [1.29, 1.82) is 0 Å². The number of amides is 2. The largest absolute Gasteiger partial charge is 0.497 e. The van der Waals surface area contributed by atoms with E-state index in [9.17, 15) is 9.59 Å². The molecule has 150 valence electrons. The fraction of sp³-hybridized carbons (Fsp3) is 0.364. The van der Waals surface area contributed by atoms with Crippen LogP contribution in [0.3, 0.4) is 0 Å². The minimum absolute atomic E-state index is 0.245. The van der Waals surface area contributed by atoms with E-state index in [-0.39, 0.29) is 17.4 Å². The fourth-order valence-electron chi connectivity index (χ4n) is 2.57. The third kappa shape index (κ3) is 6.01. The van der Waals surface area contributed by atoms with Crippen LogP contribution in [-0.4, -0.2) is 30.6 Å². The smallest absolute Gasteiger partial charge is 0.265 e. The summed E-state index contributed by atoms with van der Waals surface area (Å²) >= 11 is 0. The molecule has 28 heavy (non-hydrogen) atoms. The van der Waals surface area contributed by atoms with Crippen molar-refractivity contribution >= 4 is 17.5 Å². The topological polar surface area (TPSA) is 76.7 Å². The maximum Gasteiger partial charge on any atom is 0.265 e. The average molecular weight is 384 g/mol. The number of rotatable bonds is 7. The Hall–Kier alpha value is -3.02. The first-order valence-corrected chi connectivity index (χ1v) is 9.26. The Bertz CT molecular complexity index is 827. The molecule has 0 saturated heterocycles. The third-order valence-electron chi connectivity index (χ3n) is 3.90. The van der Waals surface area contributed by atoms with Crippen molar-refractivity contribution in [3.05, 3.63) is 54.1 Å². The normalized spacial score (nSPS) is 12.0. The zero-order chi connectivity index (χ0) is 20.7. The molecule has 0 heterocycles. The number of methoxy groups -OCH3 is 1. The number of benzene rings is 2. The molecule has 0 radical (unpaired) electrons. The summed E-state index contributed by atoms with van der Waals surface area (Å²) in [5, 5.41) is 5.73. The first-order valence-electron chi connectivity index (χ1n) is 9.26. The van der Waals surface area contributed by atoms with E-state index < -0.39 is 6.10 Å². The predicted molar refractivity (Wildman–Crippen MR) is 110 cm³/mol. The van der Waals surface area contributed by atoms with E-state index in [1.54, 1.807) is 55.6 Å². The van der Waals surface area contributed by atoms with Crippen molar-refractivity contribution in [2.24, 2.45) is 0 Å². The highest BCUT2D eigenvalue weighted by Crippen LogP contribution is 2.22. The number of carbonyl (C=O) groups is 2. The molecule has 0 aliphatic carbocycles. The molecule has 2 amide bonds. The molecule has 0 bridgehead atoms. The van der Waals surface area contributed by atoms with Crippen molar-refractivity contribution in [3.63, 3.8) is 0 Å². The molecule has 2 rings (SSSR count). The first kappa shape index (κ1) is 21.3. The second-order valence-electron chi connectivity index (χ2n) is 7.43. The lowest BCUT2D eigenvalue weighted by molar-refractivity contribution is -0.122. The van der Waals surface area contributed by atoms with Gasteiger partial charge < -0.3 is 20.1 Å². The molecule has 0 spiro atoms. The third-order valence-corrected chi connectivity index (χ3v) is 3.90. The van der Waals surface area contributed by atoms with Crippen LogP contribution in [0.4, 0.5) is 5.69 Å². The van der Waals surface area contributed by atoms with Gasteiger partial charge >= 0.3 is 0 Å². The maximum atomic E-state index is 12.8. The number of nitrogens with one attached hydrogen (secondary N) is 2. The van der Waals surface area contributed by atoms with E-state index in [1.165, 1.54) is 0 Å². The van der Waals surface area contributed by atoms with Gasteiger partial charge in [0.2, 0.25) is 0 Å². The molecule has 0 aliphatic heterocycles. The lowest BCUT2D eigenvalue weighted by Gasteiger charge is -2.22. The van der Waals surface area contributed by atoms with Crippen LogP contribution in [0.25, 0.3) is 0 Å². The molecule has 2 aromatic carbocycles. The zero-order valence-corrected chi connectivity index (χ0v) is 17.0. The molecule has 6 heteroatoms. The first-order chi connectivity index (χ1) is 13.2. The van der Waals surface area contributed by atoms with Gasteiger partial charge in [0, 0.05) is 11.6 Å². The summed E-state index contributed by atoms with van der Waals surface area (Å²) in [5.74, 6) is 0.628. The van der Waals surface area contributed by atoms with Crippen molar-refractivity contribution in [1.82, 2.24) is 5.32 Å². The standard InChI is InChI=1S/C22H28N2O4/c1-6-19(28-16-11-9-10-15(14-16)27-5)21(26)23-18-13-8-7-12-17(18)20(25)24-22(2,3)4/h7-14,19H,6H2,1-5H3,(H,23,26)(H,24,25)/t19-/m0/s1. The quantitative estimate of drug-likeness (QED) is 0.756. The van der Waals surface area contributed by atoms with Gasteiger partial charge in [0.25, 0.3) is 11.8 Å². The Balaban J connectivity index is 2.15.